The summed E-state index contributed by atoms with van der Waals surface area (Å²) in [6.45, 7) is 2.29. The predicted molar refractivity (Wildman–Crippen MR) is 79.5 cm³/mol. The van der Waals surface area contributed by atoms with Crippen molar-refractivity contribution in [2.24, 2.45) is 5.92 Å². The molecule has 1 fully saturated rings. The topological polar surface area (TPSA) is 20.3 Å². The van der Waals surface area contributed by atoms with Crippen molar-refractivity contribution in [1.82, 2.24) is 4.90 Å². The number of alkyl halides is 1. The summed E-state index contributed by atoms with van der Waals surface area (Å²) in [5.74, 6) is 1.42. The van der Waals surface area contributed by atoms with Crippen LogP contribution < -0.4 is 0 Å². The highest BCUT2D eigenvalue weighted by Crippen LogP contribution is 2.27. The molecular formula is C16H22ClNO. The molecule has 0 spiro atoms. The molecule has 1 aliphatic carbocycles. The molecule has 0 unspecified atom stereocenters. The number of halogens is 1. The van der Waals surface area contributed by atoms with Gasteiger partial charge in [0.2, 0.25) is 0 Å². The number of nitrogens with zero attached hydrogens (tertiary/aromatic N) is 1. The first kappa shape index (κ1) is 14.4. The lowest BCUT2D eigenvalue weighted by molar-refractivity contribution is 0.0679. The molecule has 0 atom stereocenters. The summed E-state index contributed by atoms with van der Waals surface area (Å²) in [6, 6.07) is 8.01. The molecule has 104 valence electrons. The molecule has 0 radical (unpaired) electrons. The maximum absolute atomic E-state index is 12.4. The molecule has 1 saturated carbocycles. The number of hydrogen-bond donors (Lipinski definition) is 0. The Morgan fingerprint density at radius 2 is 1.79 bits per heavy atom. The van der Waals surface area contributed by atoms with Crippen molar-refractivity contribution in [2.75, 3.05) is 7.05 Å². The summed E-state index contributed by atoms with van der Waals surface area (Å²) in [4.78, 5) is 14.3. The summed E-state index contributed by atoms with van der Waals surface area (Å²) in [5.41, 5.74) is 1.81. The van der Waals surface area contributed by atoms with Crippen LogP contribution in [0.5, 0.6) is 0 Å². The zero-order valence-electron chi connectivity index (χ0n) is 11.7. The smallest absolute Gasteiger partial charge is 0.253 e. The van der Waals surface area contributed by atoms with Gasteiger partial charge in [-0.3, -0.25) is 4.79 Å². The Morgan fingerprint density at radius 3 is 2.32 bits per heavy atom. The van der Waals surface area contributed by atoms with Gasteiger partial charge in [0.15, 0.2) is 0 Å². The molecule has 1 aromatic rings. The fourth-order valence-electron chi connectivity index (χ4n) is 2.74. The fraction of sp³-hybridized carbons (Fsp3) is 0.562. The zero-order chi connectivity index (χ0) is 13.8. The summed E-state index contributed by atoms with van der Waals surface area (Å²) in [6.07, 6.45) is 4.72. The van der Waals surface area contributed by atoms with E-state index in [1.807, 2.05) is 36.2 Å². The van der Waals surface area contributed by atoms with Crippen molar-refractivity contribution >= 4 is 17.5 Å². The molecule has 0 saturated heterocycles. The SMILES string of the molecule is CC1CCC(N(C)C(=O)c2ccc(CCl)cc2)CC1. The van der Waals surface area contributed by atoms with Crippen molar-refractivity contribution in [3.63, 3.8) is 0 Å². The second-order valence-corrected chi connectivity index (χ2v) is 5.93. The van der Waals surface area contributed by atoms with Gasteiger partial charge in [-0.15, -0.1) is 11.6 Å². The van der Waals surface area contributed by atoms with E-state index < -0.39 is 0 Å². The minimum atomic E-state index is 0.126. The van der Waals surface area contributed by atoms with Crippen LogP contribution >= 0.6 is 11.6 Å². The molecule has 0 N–H and O–H groups in total. The number of hydrogen-bond acceptors (Lipinski definition) is 1. The second-order valence-electron chi connectivity index (χ2n) is 5.66. The summed E-state index contributed by atoms with van der Waals surface area (Å²) in [5, 5.41) is 0. The average molecular weight is 280 g/mol. The lowest BCUT2D eigenvalue weighted by Gasteiger charge is -2.33. The quantitative estimate of drug-likeness (QED) is 0.764. The van der Waals surface area contributed by atoms with Crippen LogP contribution in [-0.2, 0) is 5.88 Å². The van der Waals surface area contributed by atoms with E-state index >= 15 is 0 Å². The van der Waals surface area contributed by atoms with E-state index in [4.69, 9.17) is 11.6 Å². The highest BCUT2D eigenvalue weighted by atomic mass is 35.5. The standard InChI is InChI=1S/C16H22ClNO/c1-12-3-9-15(10-4-12)18(2)16(19)14-7-5-13(11-17)6-8-14/h5-8,12,15H,3-4,9-11H2,1-2H3. The van der Waals surface area contributed by atoms with Gasteiger partial charge in [-0.1, -0.05) is 19.1 Å². The Labute approximate surface area is 120 Å². The van der Waals surface area contributed by atoms with Gasteiger partial charge in [0.05, 0.1) is 0 Å². The molecule has 2 rings (SSSR count). The van der Waals surface area contributed by atoms with Crippen LogP contribution in [0, 0.1) is 5.92 Å². The van der Waals surface area contributed by atoms with E-state index in [0.717, 1.165) is 29.9 Å². The van der Waals surface area contributed by atoms with Crippen molar-refractivity contribution in [1.29, 1.82) is 0 Å². The number of rotatable bonds is 3. The van der Waals surface area contributed by atoms with E-state index in [-0.39, 0.29) is 5.91 Å². The molecule has 0 bridgehead atoms. The minimum absolute atomic E-state index is 0.126. The van der Waals surface area contributed by atoms with Crippen molar-refractivity contribution in [3.05, 3.63) is 35.4 Å². The van der Waals surface area contributed by atoms with E-state index in [1.165, 1.54) is 12.8 Å². The summed E-state index contributed by atoms with van der Waals surface area (Å²) >= 11 is 5.76. The average Bonchev–Trinajstić information content (AvgIpc) is 2.46. The third-order valence-corrected chi connectivity index (χ3v) is 4.52. The number of carbonyl (C=O) groups is 1. The molecule has 0 heterocycles. The predicted octanol–water partition coefficient (Wildman–Crippen LogP) is 4.08. The van der Waals surface area contributed by atoms with Crippen LogP contribution in [0.1, 0.15) is 48.5 Å². The maximum atomic E-state index is 12.4. The van der Waals surface area contributed by atoms with Crippen LogP contribution in [-0.4, -0.2) is 23.9 Å². The molecule has 0 aliphatic heterocycles. The van der Waals surface area contributed by atoms with Crippen molar-refractivity contribution < 1.29 is 4.79 Å². The number of benzene rings is 1. The Balaban J connectivity index is 2.01. The second kappa shape index (κ2) is 6.42. The highest BCUT2D eigenvalue weighted by molar-refractivity contribution is 6.17. The first-order valence-electron chi connectivity index (χ1n) is 7.04. The van der Waals surface area contributed by atoms with Crippen molar-refractivity contribution in [2.45, 2.75) is 44.5 Å². The van der Waals surface area contributed by atoms with Gasteiger partial charge in [0.1, 0.15) is 0 Å². The highest BCUT2D eigenvalue weighted by Gasteiger charge is 2.25. The summed E-state index contributed by atoms with van der Waals surface area (Å²) in [7, 11) is 1.93. The molecular weight excluding hydrogens is 258 g/mol. The monoisotopic (exact) mass is 279 g/mol. The van der Waals surface area contributed by atoms with Gasteiger partial charge in [-0.05, 0) is 49.3 Å². The third-order valence-electron chi connectivity index (χ3n) is 4.21. The Hall–Kier alpha value is -1.02. The third kappa shape index (κ3) is 3.50. The first-order valence-corrected chi connectivity index (χ1v) is 7.57. The maximum Gasteiger partial charge on any atom is 0.253 e. The molecule has 1 amide bonds. The van der Waals surface area contributed by atoms with E-state index in [9.17, 15) is 4.79 Å². The van der Waals surface area contributed by atoms with Gasteiger partial charge in [0.25, 0.3) is 5.91 Å². The van der Waals surface area contributed by atoms with Crippen molar-refractivity contribution in [3.8, 4) is 0 Å². The molecule has 0 aromatic heterocycles. The molecule has 19 heavy (non-hydrogen) atoms. The fourth-order valence-corrected chi connectivity index (χ4v) is 2.91. The van der Waals surface area contributed by atoms with Crippen LogP contribution in [0.2, 0.25) is 0 Å². The van der Waals surface area contributed by atoms with Crippen LogP contribution in [0.4, 0.5) is 0 Å². The lowest BCUT2D eigenvalue weighted by Crippen LogP contribution is -2.39. The van der Waals surface area contributed by atoms with Gasteiger partial charge < -0.3 is 4.90 Å². The largest absolute Gasteiger partial charge is 0.339 e. The Kier molecular flexibility index (Phi) is 4.87. The van der Waals surface area contributed by atoms with Gasteiger partial charge in [-0.2, -0.15) is 0 Å². The van der Waals surface area contributed by atoms with Crippen LogP contribution in [0.25, 0.3) is 0 Å². The Bertz CT molecular complexity index is 421. The van der Waals surface area contributed by atoms with E-state index in [0.29, 0.717) is 11.9 Å². The van der Waals surface area contributed by atoms with Crippen LogP contribution in [0.3, 0.4) is 0 Å². The normalized spacial score (nSPS) is 23.1. The minimum Gasteiger partial charge on any atom is -0.339 e. The Morgan fingerprint density at radius 1 is 1.21 bits per heavy atom. The lowest BCUT2D eigenvalue weighted by atomic mass is 9.86. The number of amides is 1. The summed E-state index contributed by atoms with van der Waals surface area (Å²) < 4.78 is 0. The van der Waals surface area contributed by atoms with Gasteiger partial charge >= 0.3 is 0 Å². The number of carbonyl (C=O) groups excluding carboxylic acids is 1. The first-order chi connectivity index (χ1) is 9.11. The van der Waals surface area contributed by atoms with E-state index in [1.54, 1.807) is 0 Å². The van der Waals surface area contributed by atoms with Gasteiger partial charge in [0, 0.05) is 24.5 Å². The molecule has 1 aromatic carbocycles. The van der Waals surface area contributed by atoms with Gasteiger partial charge in [-0.25, -0.2) is 0 Å². The van der Waals surface area contributed by atoms with Crippen LogP contribution in [0.15, 0.2) is 24.3 Å². The zero-order valence-corrected chi connectivity index (χ0v) is 12.5. The molecule has 3 heteroatoms. The molecule has 2 nitrogen and oxygen atoms in total. The molecule has 1 aliphatic rings. The van der Waals surface area contributed by atoms with E-state index in [2.05, 4.69) is 6.92 Å².